The number of halogens is 1. The molecule has 1 atom stereocenters. The summed E-state index contributed by atoms with van der Waals surface area (Å²) in [6.45, 7) is 1.39. The van der Waals surface area contributed by atoms with Gasteiger partial charge in [-0.05, 0) is 37.3 Å². The van der Waals surface area contributed by atoms with Crippen LogP contribution in [0.25, 0.3) is 11.0 Å². The van der Waals surface area contributed by atoms with Crippen molar-refractivity contribution >= 4 is 45.0 Å². The number of nitrogens with one attached hydrogen (secondary N) is 1. The second-order valence-corrected chi connectivity index (χ2v) is 7.23. The Morgan fingerprint density at radius 1 is 1.19 bits per heavy atom. The van der Waals surface area contributed by atoms with Crippen molar-refractivity contribution in [2.24, 2.45) is 5.10 Å². The normalized spacial score (nSPS) is 12.0. The Morgan fingerprint density at radius 3 is 2.61 bits per heavy atom. The van der Waals surface area contributed by atoms with Gasteiger partial charge in [0.1, 0.15) is 0 Å². The highest BCUT2D eigenvalue weighted by Crippen LogP contribution is 2.33. The molecule has 0 aliphatic carbocycles. The van der Waals surface area contributed by atoms with Crippen LogP contribution in [0.3, 0.4) is 0 Å². The molecule has 2 aromatic carbocycles. The van der Waals surface area contributed by atoms with Crippen molar-refractivity contribution in [3.63, 3.8) is 0 Å². The topological polar surface area (TPSA) is 120 Å². The van der Waals surface area contributed by atoms with Crippen LogP contribution >= 0.6 is 15.9 Å². The maximum absolute atomic E-state index is 12.5. The molecule has 3 aromatic rings. The highest BCUT2D eigenvalue weighted by Gasteiger charge is 2.18. The number of amides is 1. The quantitative estimate of drug-likeness (QED) is 0.363. The SMILES string of the molecule is COc1cccc(/C=N\NC(=O)c2cc3cc(Br)cc(OC)c3o2)c1O[C@@H](C)C(=O)O. The molecule has 0 spiro atoms. The van der Waals surface area contributed by atoms with E-state index in [0.29, 0.717) is 28.0 Å². The number of benzene rings is 2. The molecule has 0 unspecified atom stereocenters. The molecule has 2 N–H and O–H groups in total. The number of fused-ring (bicyclic) bond motifs is 1. The van der Waals surface area contributed by atoms with Crippen molar-refractivity contribution in [2.45, 2.75) is 13.0 Å². The van der Waals surface area contributed by atoms with E-state index in [1.54, 1.807) is 36.4 Å². The van der Waals surface area contributed by atoms with Gasteiger partial charge in [-0.1, -0.05) is 22.0 Å². The number of carbonyl (C=O) groups excluding carboxylic acids is 1. The number of methoxy groups -OCH3 is 2. The van der Waals surface area contributed by atoms with Crippen LogP contribution < -0.4 is 19.6 Å². The summed E-state index contributed by atoms with van der Waals surface area (Å²) in [5, 5.41) is 13.7. The van der Waals surface area contributed by atoms with Gasteiger partial charge in [0.2, 0.25) is 0 Å². The lowest BCUT2D eigenvalue weighted by molar-refractivity contribution is -0.144. The highest BCUT2D eigenvalue weighted by molar-refractivity contribution is 9.10. The fraction of sp³-hybridized carbons (Fsp3) is 0.190. The van der Waals surface area contributed by atoms with Gasteiger partial charge < -0.3 is 23.7 Å². The van der Waals surface area contributed by atoms with Gasteiger partial charge in [-0.2, -0.15) is 5.10 Å². The zero-order chi connectivity index (χ0) is 22.5. The zero-order valence-corrected chi connectivity index (χ0v) is 18.4. The first-order valence-corrected chi connectivity index (χ1v) is 9.80. The van der Waals surface area contributed by atoms with Crippen LogP contribution in [0.4, 0.5) is 0 Å². The number of hydrogen-bond acceptors (Lipinski definition) is 7. The first kappa shape index (κ1) is 22.2. The van der Waals surface area contributed by atoms with Gasteiger partial charge in [0.25, 0.3) is 0 Å². The number of nitrogens with zero attached hydrogens (tertiary/aromatic N) is 1. The molecule has 0 radical (unpaired) electrons. The van der Waals surface area contributed by atoms with Gasteiger partial charge >= 0.3 is 11.9 Å². The van der Waals surface area contributed by atoms with E-state index in [4.69, 9.17) is 23.7 Å². The molecule has 1 aromatic heterocycles. The van der Waals surface area contributed by atoms with Crippen molar-refractivity contribution in [2.75, 3.05) is 14.2 Å². The summed E-state index contributed by atoms with van der Waals surface area (Å²) in [6, 6.07) is 10.1. The number of carboxylic acids is 1. The van der Waals surface area contributed by atoms with Crippen molar-refractivity contribution < 1.29 is 33.3 Å². The monoisotopic (exact) mass is 490 g/mol. The summed E-state index contributed by atoms with van der Waals surface area (Å²) in [7, 11) is 2.94. The predicted octanol–water partition coefficient (Wildman–Crippen LogP) is 3.83. The van der Waals surface area contributed by atoms with E-state index in [9.17, 15) is 9.59 Å². The first-order chi connectivity index (χ1) is 14.8. The molecule has 0 saturated carbocycles. The number of carbonyl (C=O) groups is 2. The summed E-state index contributed by atoms with van der Waals surface area (Å²) in [4.78, 5) is 23.6. The maximum Gasteiger partial charge on any atom is 0.344 e. The minimum atomic E-state index is -1.13. The third kappa shape index (κ3) is 4.97. The van der Waals surface area contributed by atoms with Gasteiger partial charge in [0.05, 0.1) is 20.4 Å². The summed E-state index contributed by atoms with van der Waals surface area (Å²) in [5.74, 6) is -0.652. The van der Waals surface area contributed by atoms with E-state index >= 15 is 0 Å². The standard InChI is InChI=1S/C21H19BrN2O7/c1-11(21(26)27)30-18-12(5-4-6-15(18)28-2)10-23-24-20(25)17-8-13-7-14(22)9-16(29-3)19(13)31-17/h4-11H,1-3H3,(H,24,25)(H,26,27)/b23-10-/t11-/m0/s1. The van der Waals surface area contributed by atoms with E-state index in [-0.39, 0.29) is 11.5 Å². The van der Waals surface area contributed by atoms with Crippen LogP contribution in [0.1, 0.15) is 23.0 Å². The molecule has 0 fully saturated rings. The largest absolute Gasteiger partial charge is 0.493 e. The molecule has 10 heteroatoms. The van der Waals surface area contributed by atoms with Gasteiger partial charge in [-0.25, -0.2) is 10.2 Å². The van der Waals surface area contributed by atoms with Gasteiger partial charge in [-0.15, -0.1) is 0 Å². The van der Waals surface area contributed by atoms with Crippen molar-refractivity contribution in [1.82, 2.24) is 5.43 Å². The Balaban J connectivity index is 1.81. The molecular formula is C21H19BrN2O7. The summed E-state index contributed by atoms with van der Waals surface area (Å²) >= 11 is 3.38. The maximum atomic E-state index is 12.5. The molecule has 0 bridgehead atoms. The number of furan rings is 1. The number of hydrazone groups is 1. The van der Waals surface area contributed by atoms with E-state index in [1.807, 2.05) is 0 Å². The molecule has 31 heavy (non-hydrogen) atoms. The van der Waals surface area contributed by atoms with Gasteiger partial charge in [0, 0.05) is 15.4 Å². The third-order valence-corrected chi connectivity index (χ3v) is 4.69. The van der Waals surface area contributed by atoms with Gasteiger partial charge in [0.15, 0.2) is 34.7 Å². The third-order valence-electron chi connectivity index (χ3n) is 4.23. The molecule has 9 nitrogen and oxygen atoms in total. The van der Waals surface area contributed by atoms with Crippen LogP contribution in [-0.4, -0.2) is 43.5 Å². The molecule has 1 heterocycles. The zero-order valence-electron chi connectivity index (χ0n) is 16.8. The smallest absolute Gasteiger partial charge is 0.344 e. The number of carboxylic acid groups (broad SMARTS) is 1. The van der Waals surface area contributed by atoms with Crippen LogP contribution in [0.15, 0.2) is 50.4 Å². The van der Waals surface area contributed by atoms with E-state index in [1.165, 1.54) is 27.4 Å². The number of ether oxygens (including phenoxy) is 3. The molecule has 3 rings (SSSR count). The first-order valence-electron chi connectivity index (χ1n) is 9.01. The molecule has 1 amide bonds. The molecular weight excluding hydrogens is 472 g/mol. The lowest BCUT2D eigenvalue weighted by Crippen LogP contribution is -2.23. The lowest BCUT2D eigenvalue weighted by Gasteiger charge is -2.15. The number of rotatable bonds is 8. The van der Waals surface area contributed by atoms with Crippen molar-refractivity contribution in [3.05, 3.63) is 52.2 Å². The minimum Gasteiger partial charge on any atom is -0.493 e. The average molecular weight is 491 g/mol. The minimum absolute atomic E-state index is 0.0464. The number of hydrogen-bond donors (Lipinski definition) is 2. The Kier molecular flexibility index (Phi) is 6.81. The fourth-order valence-corrected chi connectivity index (χ4v) is 3.17. The average Bonchev–Trinajstić information content (AvgIpc) is 3.17. The molecule has 162 valence electrons. The predicted molar refractivity (Wildman–Crippen MR) is 116 cm³/mol. The fourth-order valence-electron chi connectivity index (χ4n) is 2.71. The number of para-hydroxylation sites is 1. The van der Waals surface area contributed by atoms with Crippen molar-refractivity contribution in [1.29, 1.82) is 0 Å². The van der Waals surface area contributed by atoms with Crippen LogP contribution in [0, 0.1) is 0 Å². The number of aliphatic carboxylic acids is 1. The molecule has 0 saturated heterocycles. The van der Waals surface area contributed by atoms with E-state index < -0.39 is 18.0 Å². The Morgan fingerprint density at radius 2 is 1.94 bits per heavy atom. The second kappa shape index (κ2) is 9.52. The summed E-state index contributed by atoms with van der Waals surface area (Å²) in [5.41, 5.74) is 3.23. The highest BCUT2D eigenvalue weighted by atomic mass is 79.9. The molecule has 0 aliphatic heterocycles. The Labute approximate surface area is 185 Å². The Hall–Kier alpha value is -3.53. The van der Waals surface area contributed by atoms with Crippen LogP contribution in [0.2, 0.25) is 0 Å². The molecule has 0 aliphatic rings. The van der Waals surface area contributed by atoms with Gasteiger partial charge in [-0.3, -0.25) is 4.79 Å². The summed E-state index contributed by atoms with van der Waals surface area (Å²) in [6.07, 6.45) is 0.215. The van der Waals surface area contributed by atoms with E-state index in [2.05, 4.69) is 26.5 Å². The Bertz CT molecular complexity index is 1160. The van der Waals surface area contributed by atoms with Crippen molar-refractivity contribution in [3.8, 4) is 17.2 Å². The van der Waals surface area contributed by atoms with Crippen LogP contribution in [0.5, 0.6) is 17.2 Å². The second-order valence-electron chi connectivity index (χ2n) is 6.31. The van der Waals surface area contributed by atoms with E-state index in [0.717, 1.165) is 4.47 Å². The lowest BCUT2D eigenvalue weighted by atomic mass is 10.2. The summed E-state index contributed by atoms with van der Waals surface area (Å²) < 4.78 is 22.4. The van der Waals surface area contributed by atoms with Crippen LogP contribution in [-0.2, 0) is 4.79 Å².